The van der Waals surface area contributed by atoms with Crippen LogP contribution in [-0.2, 0) is 99.8 Å². The molecule has 21 heteroatoms. The zero-order chi connectivity index (χ0) is 42.4. The molecule has 0 bridgehead atoms. The smallest absolute Gasteiger partial charge is 0.187 e. The van der Waals surface area contributed by atoms with Crippen molar-refractivity contribution in [2.45, 2.75) is 117 Å². The first-order valence-corrected chi connectivity index (χ1v) is 19.1. The molecule has 4 saturated heterocycles. The van der Waals surface area contributed by atoms with Crippen molar-refractivity contribution in [3.63, 3.8) is 0 Å². The summed E-state index contributed by atoms with van der Waals surface area (Å²) in [5.41, 5.74) is 0. The predicted octanol–water partition coefficient (Wildman–Crippen LogP) is -0.632. The fraction of sp³-hybridized carbons (Fsp3) is 1.00. The summed E-state index contributed by atoms with van der Waals surface area (Å²) in [6, 6.07) is 0. The van der Waals surface area contributed by atoms with Gasteiger partial charge in [0.25, 0.3) is 0 Å². The largest absolute Gasteiger partial charge is 0.382 e. The van der Waals surface area contributed by atoms with Gasteiger partial charge >= 0.3 is 0 Å². The van der Waals surface area contributed by atoms with E-state index in [4.69, 9.17) is 99.8 Å². The molecule has 0 N–H and O–H groups in total. The van der Waals surface area contributed by atoms with Crippen LogP contribution in [0.15, 0.2) is 0 Å². The van der Waals surface area contributed by atoms with Crippen LogP contribution in [0.5, 0.6) is 0 Å². The molecule has 58 heavy (non-hydrogen) atoms. The van der Waals surface area contributed by atoms with Crippen LogP contribution in [0.3, 0.4) is 0 Å². The van der Waals surface area contributed by atoms with E-state index in [2.05, 4.69) is 0 Å². The van der Waals surface area contributed by atoms with E-state index >= 15 is 0 Å². The van der Waals surface area contributed by atoms with Crippen LogP contribution in [0.2, 0.25) is 0 Å². The molecule has 0 aromatic carbocycles. The SMILES string of the molecule is COCC1OC(OC2C(COC)OC(OC3C(COC)OC(OC4C(COC)OC[C@H](OC)C4OC)[C@H](OC)C3OC)[C@H](OC)C2OC)[C@H](OC)C(OC)C1OOC. The van der Waals surface area contributed by atoms with Crippen molar-refractivity contribution in [3.05, 3.63) is 0 Å². The quantitative estimate of drug-likeness (QED) is 0.0880. The Morgan fingerprint density at radius 1 is 0.345 bits per heavy atom. The molecular formula is C37H68O21. The van der Waals surface area contributed by atoms with E-state index in [-0.39, 0.29) is 33.0 Å². The average molecular weight is 849 g/mol. The molecular weight excluding hydrogens is 780 g/mol. The third kappa shape index (κ3) is 11.4. The minimum Gasteiger partial charge on any atom is -0.382 e. The maximum absolute atomic E-state index is 6.81. The highest BCUT2D eigenvalue weighted by atomic mass is 17.2. The molecule has 21 nitrogen and oxygen atoms in total. The molecule has 19 atom stereocenters. The van der Waals surface area contributed by atoms with Gasteiger partial charge in [0.15, 0.2) is 25.0 Å². The van der Waals surface area contributed by atoms with Crippen molar-refractivity contribution in [2.75, 3.05) is 125 Å². The molecule has 4 fully saturated rings. The zero-order valence-electron chi connectivity index (χ0n) is 36.1. The molecule has 0 spiro atoms. The fourth-order valence-corrected chi connectivity index (χ4v) is 8.22. The molecule has 15 unspecified atom stereocenters. The standard InChI is InChI=1S/C37H68O21/c1-38-14-20-25(24(43-6)19(42-5)18-51-20)55-35-32(47-10)29(44-7)26(21(52-35)15-39-2)56-36-33(48-11)30(45-8)27(22(53-36)16-40-3)57-37-34(49-12)31(46-9)28(58-50-13)23(54-37)17-41-4/h19-37H,14-18H2,1-13H3/t19-,20?,21?,22?,23?,24?,25?,26?,27?,28?,29?,30?,31?,32+,33+,34+,35?,36?,37?/m0/s1. The van der Waals surface area contributed by atoms with Crippen molar-refractivity contribution in [1.29, 1.82) is 0 Å². The van der Waals surface area contributed by atoms with E-state index in [1.54, 1.807) is 49.8 Å². The predicted molar refractivity (Wildman–Crippen MR) is 196 cm³/mol. The van der Waals surface area contributed by atoms with E-state index in [1.807, 2.05) is 0 Å². The first-order chi connectivity index (χ1) is 28.2. The van der Waals surface area contributed by atoms with Crippen LogP contribution in [-0.4, -0.2) is 242 Å². The van der Waals surface area contributed by atoms with Gasteiger partial charge in [-0.05, 0) is 0 Å². The highest BCUT2D eigenvalue weighted by molar-refractivity contribution is 5.00. The fourth-order valence-electron chi connectivity index (χ4n) is 8.22. The second-order valence-corrected chi connectivity index (χ2v) is 14.0. The molecule has 4 aliphatic heterocycles. The lowest BCUT2D eigenvalue weighted by molar-refractivity contribution is -0.409. The van der Waals surface area contributed by atoms with Gasteiger partial charge in [0.2, 0.25) is 0 Å². The number of hydrogen-bond donors (Lipinski definition) is 0. The van der Waals surface area contributed by atoms with Gasteiger partial charge in [0.1, 0.15) is 91.6 Å². The lowest BCUT2D eigenvalue weighted by Crippen LogP contribution is -2.68. The highest BCUT2D eigenvalue weighted by Crippen LogP contribution is 2.38. The number of hydrogen-bond acceptors (Lipinski definition) is 21. The summed E-state index contributed by atoms with van der Waals surface area (Å²) < 4.78 is 116. The third-order valence-electron chi connectivity index (χ3n) is 10.9. The van der Waals surface area contributed by atoms with Gasteiger partial charge in [-0.25, -0.2) is 9.78 Å². The van der Waals surface area contributed by atoms with Gasteiger partial charge in [-0.1, -0.05) is 0 Å². The Kier molecular flexibility index (Phi) is 21.7. The first-order valence-electron chi connectivity index (χ1n) is 19.1. The Morgan fingerprint density at radius 2 is 0.672 bits per heavy atom. The van der Waals surface area contributed by atoms with Crippen LogP contribution < -0.4 is 0 Å². The molecule has 0 aromatic heterocycles. The third-order valence-corrected chi connectivity index (χ3v) is 10.9. The summed E-state index contributed by atoms with van der Waals surface area (Å²) in [5, 5.41) is 0. The van der Waals surface area contributed by atoms with Crippen LogP contribution in [0, 0.1) is 0 Å². The molecule has 4 rings (SSSR count). The zero-order valence-corrected chi connectivity index (χ0v) is 36.1. The van der Waals surface area contributed by atoms with E-state index in [9.17, 15) is 0 Å². The van der Waals surface area contributed by atoms with E-state index < -0.39 is 117 Å². The van der Waals surface area contributed by atoms with Crippen molar-refractivity contribution >= 4 is 0 Å². The molecule has 342 valence electrons. The number of rotatable bonds is 24. The van der Waals surface area contributed by atoms with E-state index in [0.717, 1.165) is 0 Å². The van der Waals surface area contributed by atoms with Crippen LogP contribution >= 0.6 is 0 Å². The monoisotopic (exact) mass is 848 g/mol. The lowest BCUT2D eigenvalue weighted by atomic mass is 9.95. The Hall–Kier alpha value is -0.840. The minimum atomic E-state index is -1.08. The van der Waals surface area contributed by atoms with Crippen molar-refractivity contribution in [1.82, 2.24) is 0 Å². The van der Waals surface area contributed by atoms with E-state index in [0.29, 0.717) is 0 Å². The molecule has 4 aliphatic rings. The van der Waals surface area contributed by atoms with Gasteiger partial charge in [0, 0.05) is 85.3 Å². The van der Waals surface area contributed by atoms with Crippen molar-refractivity contribution in [2.24, 2.45) is 0 Å². The maximum Gasteiger partial charge on any atom is 0.187 e. The highest BCUT2D eigenvalue weighted by Gasteiger charge is 2.57. The summed E-state index contributed by atoms with van der Waals surface area (Å²) >= 11 is 0. The Balaban J connectivity index is 1.62. The Labute approximate surface area is 341 Å². The normalized spacial score (nSPS) is 42.5. The summed E-state index contributed by atoms with van der Waals surface area (Å²) in [6.45, 7) is 0.814. The van der Waals surface area contributed by atoms with Gasteiger partial charge in [-0.2, -0.15) is 0 Å². The average Bonchev–Trinajstić information content (AvgIpc) is 3.23. The van der Waals surface area contributed by atoms with Crippen molar-refractivity contribution in [3.8, 4) is 0 Å². The molecule has 0 radical (unpaired) electrons. The van der Waals surface area contributed by atoms with Gasteiger partial charge < -0.3 is 90.0 Å². The topological polar surface area (TPSA) is 194 Å². The summed E-state index contributed by atoms with van der Waals surface area (Å²) in [4.78, 5) is 10.6. The van der Waals surface area contributed by atoms with Crippen LogP contribution in [0.4, 0.5) is 0 Å². The summed E-state index contributed by atoms with van der Waals surface area (Å²) in [5.74, 6) is 0. The van der Waals surface area contributed by atoms with E-state index in [1.165, 1.54) is 42.7 Å². The Morgan fingerprint density at radius 3 is 1.00 bits per heavy atom. The summed E-state index contributed by atoms with van der Waals surface area (Å²) in [7, 11) is 20.0. The lowest BCUT2D eigenvalue weighted by Gasteiger charge is -2.51. The molecule has 0 saturated carbocycles. The van der Waals surface area contributed by atoms with Gasteiger partial charge in [-0.15, -0.1) is 0 Å². The van der Waals surface area contributed by atoms with Crippen LogP contribution in [0.25, 0.3) is 0 Å². The molecule has 4 heterocycles. The van der Waals surface area contributed by atoms with Crippen LogP contribution in [0.1, 0.15) is 0 Å². The number of methoxy groups -OCH3 is 12. The molecule has 0 amide bonds. The Bertz CT molecular complexity index is 1110. The number of ether oxygens (including phenoxy) is 19. The van der Waals surface area contributed by atoms with Gasteiger partial charge in [0.05, 0.1) is 40.1 Å². The molecule has 0 aliphatic carbocycles. The second kappa shape index (κ2) is 25.3. The first kappa shape index (κ1) is 49.8. The summed E-state index contributed by atoms with van der Waals surface area (Å²) in [6.07, 6.45) is -14.6. The second-order valence-electron chi connectivity index (χ2n) is 14.0. The minimum absolute atomic E-state index is 0.0675. The molecule has 0 aromatic rings. The van der Waals surface area contributed by atoms with Gasteiger partial charge in [-0.3, -0.25) is 0 Å². The van der Waals surface area contributed by atoms with Crippen molar-refractivity contribution < 1.29 is 99.8 Å². The maximum atomic E-state index is 6.81.